The van der Waals surface area contributed by atoms with Crippen LogP contribution in [0.15, 0.2) is 24.3 Å². The van der Waals surface area contributed by atoms with E-state index in [-0.39, 0.29) is 29.2 Å². The van der Waals surface area contributed by atoms with Crippen LogP contribution in [0.3, 0.4) is 0 Å². The van der Waals surface area contributed by atoms with Crippen molar-refractivity contribution in [2.75, 3.05) is 13.1 Å². The van der Waals surface area contributed by atoms with Crippen molar-refractivity contribution in [2.45, 2.75) is 44.8 Å². The van der Waals surface area contributed by atoms with Gasteiger partial charge in [0.2, 0.25) is 5.91 Å². The Morgan fingerprint density at radius 2 is 1.89 bits per heavy atom. The van der Waals surface area contributed by atoms with E-state index in [1.165, 1.54) is 10.0 Å². The van der Waals surface area contributed by atoms with Gasteiger partial charge in [-0.3, -0.25) is 19.2 Å². The summed E-state index contributed by atoms with van der Waals surface area (Å²) in [7, 11) is 0. The minimum absolute atomic E-state index is 0.0627. The number of thiazole rings is 1. The number of aromatic nitrogens is 1. The minimum atomic E-state index is -4.87. The first-order chi connectivity index (χ1) is 17.4. The van der Waals surface area contributed by atoms with E-state index in [1.807, 2.05) is 0 Å². The Kier molecular flexibility index (Phi) is 6.00. The Labute approximate surface area is 213 Å². The maximum absolute atomic E-state index is 13.6. The third-order valence-electron chi connectivity index (χ3n) is 7.19. The summed E-state index contributed by atoms with van der Waals surface area (Å²) in [4.78, 5) is 54.6. The molecule has 2 aromatic rings. The van der Waals surface area contributed by atoms with Crippen LogP contribution in [0, 0.1) is 11.3 Å². The molecule has 4 amide bonds. The van der Waals surface area contributed by atoms with Crippen LogP contribution in [-0.4, -0.2) is 51.7 Å². The zero-order valence-corrected chi connectivity index (χ0v) is 20.6. The first-order valence-electron chi connectivity index (χ1n) is 11.8. The van der Waals surface area contributed by atoms with Gasteiger partial charge in [-0.25, -0.2) is 15.0 Å². The number of amides is 4. The van der Waals surface area contributed by atoms with Gasteiger partial charge in [0.25, 0.3) is 17.7 Å². The van der Waals surface area contributed by atoms with E-state index >= 15 is 0 Å². The molecular formula is C24H24F3N5O4S. The number of halogens is 3. The summed E-state index contributed by atoms with van der Waals surface area (Å²) in [5, 5.41) is 5.55. The minimum Gasteiger partial charge on any atom is -0.365 e. The molecule has 5 rings (SSSR count). The molecule has 2 aliphatic heterocycles. The average molecular weight is 536 g/mol. The van der Waals surface area contributed by atoms with Gasteiger partial charge in [-0.15, -0.1) is 11.3 Å². The maximum Gasteiger partial charge on any atom is 0.435 e. The quantitative estimate of drug-likeness (QED) is 0.588. The van der Waals surface area contributed by atoms with Gasteiger partial charge in [0.15, 0.2) is 5.69 Å². The van der Waals surface area contributed by atoms with Gasteiger partial charge in [0.1, 0.15) is 10.9 Å². The van der Waals surface area contributed by atoms with Crippen LogP contribution in [0.5, 0.6) is 0 Å². The van der Waals surface area contributed by atoms with Gasteiger partial charge < -0.3 is 11.1 Å². The molecule has 1 saturated heterocycles. The van der Waals surface area contributed by atoms with Crippen molar-refractivity contribution in [3.05, 3.63) is 51.0 Å². The lowest BCUT2D eigenvalue weighted by Crippen LogP contribution is -2.48. The Bertz CT molecular complexity index is 1310. The second-order valence-electron chi connectivity index (χ2n) is 9.74. The van der Waals surface area contributed by atoms with Crippen LogP contribution < -0.4 is 11.1 Å². The Balaban J connectivity index is 1.41. The van der Waals surface area contributed by atoms with Crippen molar-refractivity contribution >= 4 is 35.0 Å². The number of primary amides is 1. The predicted molar refractivity (Wildman–Crippen MR) is 125 cm³/mol. The van der Waals surface area contributed by atoms with Crippen molar-refractivity contribution in [1.29, 1.82) is 0 Å². The number of fused-ring (bicyclic) bond motifs is 2. The molecule has 1 aliphatic carbocycles. The monoisotopic (exact) mass is 535 g/mol. The van der Waals surface area contributed by atoms with Crippen LogP contribution in [0.4, 0.5) is 13.2 Å². The number of hydrogen-bond acceptors (Lipinski definition) is 6. The van der Waals surface area contributed by atoms with E-state index < -0.39 is 46.4 Å². The van der Waals surface area contributed by atoms with Gasteiger partial charge in [0.05, 0.1) is 18.1 Å². The number of hydrogen-bond donors (Lipinski definition) is 2. The van der Waals surface area contributed by atoms with Crippen molar-refractivity contribution in [3.63, 3.8) is 0 Å². The molecule has 0 radical (unpaired) electrons. The lowest BCUT2D eigenvalue weighted by molar-refractivity contribution is -0.145. The second kappa shape index (κ2) is 8.82. The molecule has 0 bridgehead atoms. The van der Waals surface area contributed by atoms with Crippen molar-refractivity contribution in [3.8, 4) is 0 Å². The molecule has 13 heteroatoms. The molecule has 37 heavy (non-hydrogen) atoms. The average Bonchev–Trinajstić information content (AvgIpc) is 3.30. The Morgan fingerprint density at radius 3 is 2.49 bits per heavy atom. The first kappa shape index (κ1) is 25.2. The van der Waals surface area contributed by atoms with Gasteiger partial charge in [-0.05, 0) is 30.9 Å². The highest BCUT2D eigenvalue weighted by Gasteiger charge is 2.56. The molecular weight excluding hydrogens is 511 g/mol. The molecule has 3 heterocycles. The molecule has 0 unspecified atom stereocenters. The largest absolute Gasteiger partial charge is 0.435 e. The molecule has 1 aromatic heterocycles. The number of hydrazine groups is 1. The van der Waals surface area contributed by atoms with Crippen LogP contribution in [0.2, 0.25) is 0 Å². The summed E-state index contributed by atoms with van der Waals surface area (Å²) in [6, 6.07) is 5.45. The van der Waals surface area contributed by atoms with E-state index in [9.17, 15) is 32.3 Å². The first-order valence-corrected chi connectivity index (χ1v) is 12.6. The second-order valence-corrected chi connectivity index (χ2v) is 10.8. The standard InChI is InChI=1S/C24H24F3N5O4S/c1-2-12(9-15-29-18(24(25,26)27)17(37-15)19(28)33)20(34)30-16-13-5-3-4-6-14(13)21(35)31-10-23(7-8-23)11-32(31)22(16)36/h3-6,12,16H,2,7-11H2,1H3,(H2,28,33)(H,30,34)/t12-,16+/m1/s1. The van der Waals surface area contributed by atoms with E-state index in [0.29, 0.717) is 35.6 Å². The lowest BCUT2D eigenvalue weighted by Gasteiger charge is -2.28. The molecule has 3 aliphatic rings. The van der Waals surface area contributed by atoms with Crippen molar-refractivity contribution in [2.24, 2.45) is 17.1 Å². The number of nitrogens with one attached hydrogen (secondary N) is 1. The molecule has 2 fully saturated rings. The fraction of sp³-hybridized carbons (Fsp3) is 0.458. The highest BCUT2D eigenvalue weighted by atomic mass is 32.1. The zero-order chi connectivity index (χ0) is 26.7. The highest BCUT2D eigenvalue weighted by Crippen LogP contribution is 2.52. The topological polar surface area (TPSA) is 126 Å². The van der Waals surface area contributed by atoms with Gasteiger partial charge in [-0.1, -0.05) is 25.1 Å². The zero-order valence-electron chi connectivity index (χ0n) is 19.8. The van der Waals surface area contributed by atoms with Crippen LogP contribution in [0.1, 0.15) is 68.5 Å². The summed E-state index contributed by atoms with van der Waals surface area (Å²) >= 11 is 0.502. The van der Waals surface area contributed by atoms with E-state index in [0.717, 1.165) is 12.8 Å². The molecule has 9 nitrogen and oxygen atoms in total. The predicted octanol–water partition coefficient (Wildman–Crippen LogP) is 2.68. The number of carbonyl (C=O) groups excluding carboxylic acids is 4. The number of carbonyl (C=O) groups is 4. The van der Waals surface area contributed by atoms with Gasteiger partial charge >= 0.3 is 6.18 Å². The van der Waals surface area contributed by atoms with E-state index in [2.05, 4.69) is 10.3 Å². The number of benzene rings is 1. The molecule has 2 atom stereocenters. The normalized spacial score (nSPS) is 20.9. The molecule has 3 N–H and O–H groups in total. The summed E-state index contributed by atoms with van der Waals surface area (Å²) in [6.45, 7) is 2.52. The molecule has 1 aromatic carbocycles. The number of nitrogens with two attached hydrogens (primary N) is 1. The number of nitrogens with zero attached hydrogens (tertiary/aromatic N) is 3. The van der Waals surface area contributed by atoms with E-state index in [1.54, 1.807) is 31.2 Å². The summed E-state index contributed by atoms with van der Waals surface area (Å²) in [5.41, 5.74) is 4.31. The Hall–Kier alpha value is -3.48. The SMILES string of the molecule is CC[C@H](Cc1nc(C(F)(F)F)c(C(N)=O)s1)C(=O)N[C@@H]1C(=O)N2CC3(CC3)CN2C(=O)c2ccccc21. The van der Waals surface area contributed by atoms with Crippen molar-refractivity contribution < 1.29 is 32.3 Å². The fourth-order valence-corrected chi connectivity index (χ4v) is 5.95. The molecule has 1 saturated carbocycles. The number of alkyl halides is 3. The highest BCUT2D eigenvalue weighted by molar-refractivity contribution is 7.13. The van der Waals surface area contributed by atoms with Crippen LogP contribution >= 0.6 is 11.3 Å². The summed E-state index contributed by atoms with van der Waals surface area (Å²) in [6.07, 6.45) is -2.98. The number of rotatable bonds is 6. The van der Waals surface area contributed by atoms with Gasteiger partial charge in [-0.2, -0.15) is 13.2 Å². The van der Waals surface area contributed by atoms with Crippen LogP contribution in [-0.2, 0) is 22.2 Å². The smallest absolute Gasteiger partial charge is 0.365 e. The lowest BCUT2D eigenvalue weighted by atomic mass is 9.96. The molecule has 1 spiro atoms. The summed E-state index contributed by atoms with van der Waals surface area (Å²) in [5.74, 6) is -3.40. The summed E-state index contributed by atoms with van der Waals surface area (Å²) < 4.78 is 39.9. The third kappa shape index (κ3) is 4.45. The van der Waals surface area contributed by atoms with E-state index in [4.69, 9.17) is 5.73 Å². The fourth-order valence-electron chi connectivity index (χ4n) is 4.94. The van der Waals surface area contributed by atoms with Crippen molar-refractivity contribution in [1.82, 2.24) is 20.3 Å². The Morgan fingerprint density at radius 1 is 1.22 bits per heavy atom. The maximum atomic E-state index is 13.6. The van der Waals surface area contributed by atoms with Gasteiger partial charge in [0, 0.05) is 23.3 Å². The van der Waals surface area contributed by atoms with Crippen LogP contribution in [0.25, 0.3) is 0 Å². The molecule has 196 valence electrons. The third-order valence-corrected chi connectivity index (χ3v) is 8.28.